The molecule has 4 nitrogen and oxygen atoms in total. The number of aryl methyl sites for hydroxylation is 1. The molecule has 0 atom stereocenters. The molecule has 0 amide bonds. The van der Waals surface area contributed by atoms with Gasteiger partial charge < -0.3 is 15.2 Å². The lowest BCUT2D eigenvalue weighted by Crippen LogP contribution is -2.59. The predicted molar refractivity (Wildman–Crippen MR) is 65.2 cm³/mol. The van der Waals surface area contributed by atoms with Gasteiger partial charge in [-0.3, -0.25) is 0 Å². The summed E-state index contributed by atoms with van der Waals surface area (Å²) < 4.78 is 5.16. The van der Waals surface area contributed by atoms with Gasteiger partial charge in [0, 0.05) is 25.6 Å². The summed E-state index contributed by atoms with van der Waals surface area (Å²) in [6.07, 6.45) is 1.06. The van der Waals surface area contributed by atoms with Crippen molar-refractivity contribution in [1.29, 1.82) is 0 Å². The molecule has 1 aromatic carbocycles. The lowest BCUT2D eigenvalue weighted by atomic mass is 9.74. The number of hydrogen-bond donors (Lipinski definition) is 2. The van der Waals surface area contributed by atoms with E-state index in [0.717, 1.165) is 11.3 Å². The standard InChI is InChI=1S/C13H17NO3/c1-9-5-3-4-6-11(9)14-13(12(15)16)7-10(8-13)17-2/h3-6,10,14H,7-8H2,1-2H3,(H,15,16). The second-order valence-electron chi connectivity index (χ2n) is 4.59. The Kier molecular flexibility index (Phi) is 3.07. The molecule has 0 aromatic heterocycles. The Balaban J connectivity index is 2.16. The van der Waals surface area contributed by atoms with Crippen LogP contribution in [0, 0.1) is 6.92 Å². The van der Waals surface area contributed by atoms with E-state index >= 15 is 0 Å². The number of benzene rings is 1. The molecular formula is C13H17NO3. The molecule has 2 rings (SSSR count). The third-order valence-electron chi connectivity index (χ3n) is 3.41. The first-order valence-corrected chi connectivity index (χ1v) is 5.67. The summed E-state index contributed by atoms with van der Waals surface area (Å²) in [4.78, 5) is 11.4. The summed E-state index contributed by atoms with van der Waals surface area (Å²) in [7, 11) is 1.62. The number of anilines is 1. The summed E-state index contributed by atoms with van der Waals surface area (Å²) in [5.41, 5.74) is 1.06. The largest absolute Gasteiger partial charge is 0.480 e. The van der Waals surface area contributed by atoms with Crippen molar-refractivity contribution in [2.45, 2.75) is 31.4 Å². The second-order valence-corrected chi connectivity index (χ2v) is 4.59. The number of carbonyl (C=O) groups is 1. The minimum Gasteiger partial charge on any atom is -0.480 e. The van der Waals surface area contributed by atoms with Gasteiger partial charge in [-0.25, -0.2) is 4.79 Å². The molecule has 0 saturated heterocycles. The summed E-state index contributed by atoms with van der Waals surface area (Å²) in [6.45, 7) is 1.96. The topological polar surface area (TPSA) is 58.6 Å². The van der Waals surface area contributed by atoms with Crippen LogP contribution in [-0.4, -0.2) is 29.8 Å². The molecule has 92 valence electrons. The van der Waals surface area contributed by atoms with Crippen LogP contribution in [0.3, 0.4) is 0 Å². The zero-order valence-corrected chi connectivity index (χ0v) is 10.1. The third kappa shape index (κ3) is 2.13. The fourth-order valence-corrected chi connectivity index (χ4v) is 2.19. The van der Waals surface area contributed by atoms with Gasteiger partial charge in [0.05, 0.1) is 6.10 Å². The van der Waals surface area contributed by atoms with Crippen molar-refractivity contribution in [3.63, 3.8) is 0 Å². The van der Waals surface area contributed by atoms with Crippen molar-refractivity contribution in [2.24, 2.45) is 0 Å². The Morgan fingerprint density at radius 1 is 1.47 bits per heavy atom. The average molecular weight is 235 g/mol. The molecule has 1 aromatic rings. The van der Waals surface area contributed by atoms with Crippen molar-refractivity contribution >= 4 is 11.7 Å². The first kappa shape index (κ1) is 11.9. The number of rotatable bonds is 4. The van der Waals surface area contributed by atoms with Crippen molar-refractivity contribution in [3.8, 4) is 0 Å². The molecular weight excluding hydrogens is 218 g/mol. The van der Waals surface area contributed by atoms with E-state index in [1.807, 2.05) is 31.2 Å². The minimum absolute atomic E-state index is 0.0441. The first-order valence-electron chi connectivity index (χ1n) is 5.67. The summed E-state index contributed by atoms with van der Waals surface area (Å²) in [6, 6.07) is 7.70. The van der Waals surface area contributed by atoms with E-state index in [0.29, 0.717) is 12.8 Å². The second kappa shape index (κ2) is 4.37. The maximum absolute atomic E-state index is 11.4. The van der Waals surface area contributed by atoms with Crippen molar-refractivity contribution in [2.75, 3.05) is 12.4 Å². The molecule has 4 heteroatoms. The summed E-state index contributed by atoms with van der Waals surface area (Å²) in [5, 5.41) is 12.5. The van der Waals surface area contributed by atoms with Crippen LogP contribution in [-0.2, 0) is 9.53 Å². The number of aliphatic carboxylic acids is 1. The number of ether oxygens (including phenoxy) is 1. The van der Waals surface area contributed by atoms with Gasteiger partial charge in [-0.15, -0.1) is 0 Å². The molecule has 0 bridgehead atoms. The normalized spacial score (nSPS) is 27.3. The Hall–Kier alpha value is -1.55. The van der Waals surface area contributed by atoms with Crippen LogP contribution in [0.5, 0.6) is 0 Å². The SMILES string of the molecule is COC1CC(Nc2ccccc2C)(C(=O)O)C1. The van der Waals surface area contributed by atoms with Crippen LogP contribution in [0.2, 0.25) is 0 Å². The van der Waals surface area contributed by atoms with Gasteiger partial charge in [-0.2, -0.15) is 0 Å². The van der Waals surface area contributed by atoms with Gasteiger partial charge in [-0.05, 0) is 18.6 Å². The van der Waals surface area contributed by atoms with E-state index < -0.39 is 11.5 Å². The molecule has 0 aliphatic heterocycles. The van der Waals surface area contributed by atoms with Crippen LogP contribution in [0.25, 0.3) is 0 Å². The van der Waals surface area contributed by atoms with Crippen LogP contribution < -0.4 is 5.32 Å². The summed E-state index contributed by atoms with van der Waals surface area (Å²) in [5.74, 6) is -0.811. The highest BCUT2D eigenvalue weighted by Gasteiger charge is 2.51. The fourth-order valence-electron chi connectivity index (χ4n) is 2.19. The van der Waals surface area contributed by atoms with E-state index in [9.17, 15) is 9.90 Å². The first-order chi connectivity index (χ1) is 8.07. The number of methoxy groups -OCH3 is 1. The number of hydrogen-bond acceptors (Lipinski definition) is 3. The zero-order chi connectivity index (χ0) is 12.5. The molecule has 1 fully saturated rings. The highest BCUT2D eigenvalue weighted by Crippen LogP contribution is 2.38. The van der Waals surface area contributed by atoms with E-state index in [2.05, 4.69) is 5.32 Å². The van der Waals surface area contributed by atoms with E-state index in [1.54, 1.807) is 7.11 Å². The Morgan fingerprint density at radius 2 is 2.12 bits per heavy atom. The van der Waals surface area contributed by atoms with Crippen LogP contribution in [0.15, 0.2) is 24.3 Å². The lowest BCUT2D eigenvalue weighted by molar-refractivity contribution is -0.151. The molecule has 0 radical (unpaired) electrons. The Labute approximate surface area is 101 Å². The molecule has 1 aliphatic carbocycles. The molecule has 0 unspecified atom stereocenters. The average Bonchev–Trinajstić information content (AvgIpc) is 2.24. The Bertz CT molecular complexity index is 424. The van der Waals surface area contributed by atoms with Crippen LogP contribution in [0.4, 0.5) is 5.69 Å². The zero-order valence-electron chi connectivity index (χ0n) is 10.1. The van der Waals surface area contributed by atoms with Crippen LogP contribution in [0.1, 0.15) is 18.4 Å². The third-order valence-corrected chi connectivity index (χ3v) is 3.41. The quantitative estimate of drug-likeness (QED) is 0.838. The van der Waals surface area contributed by atoms with Crippen LogP contribution >= 0.6 is 0 Å². The molecule has 2 N–H and O–H groups in total. The maximum atomic E-state index is 11.4. The monoisotopic (exact) mass is 235 g/mol. The van der Waals surface area contributed by atoms with E-state index in [1.165, 1.54) is 0 Å². The number of nitrogens with one attached hydrogen (secondary N) is 1. The molecule has 0 spiro atoms. The summed E-state index contributed by atoms with van der Waals surface area (Å²) >= 11 is 0. The number of carboxylic acids is 1. The van der Waals surface area contributed by atoms with E-state index in [-0.39, 0.29) is 6.10 Å². The maximum Gasteiger partial charge on any atom is 0.329 e. The van der Waals surface area contributed by atoms with Crippen molar-refractivity contribution < 1.29 is 14.6 Å². The number of carboxylic acid groups (broad SMARTS) is 1. The fraction of sp³-hybridized carbons (Fsp3) is 0.462. The minimum atomic E-state index is -0.868. The molecule has 17 heavy (non-hydrogen) atoms. The van der Waals surface area contributed by atoms with Gasteiger partial charge in [-0.1, -0.05) is 18.2 Å². The highest BCUT2D eigenvalue weighted by molar-refractivity contribution is 5.84. The molecule has 1 aliphatic rings. The lowest BCUT2D eigenvalue weighted by Gasteiger charge is -2.44. The smallest absolute Gasteiger partial charge is 0.329 e. The van der Waals surface area contributed by atoms with Gasteiger partial charge in [0.25, 0.3) is 0 Å². The van der Waals surface area contributed by atoms with Crippen molar-refractivity contribution in [3.05, 3.63) is 29.8 Å². The number of para-hydroxylation sites is 1. The predicted octanol–water partition coefficient (Wildman–Crippen LogP) is 2.04. The molecule has 1 saturated carbocycles. The molecule has 0 heterocycles. The highest BCUT2D eigenvalue weighted by atomic mass is 16.5. The Morgan fingerprint density at radius 3 is 2.65 bits per heavy atom. The van der Waals surface area contributed by atoms with Gasteiger partial charge in [0.2, 0.25) is 0 Å². The van der Waals surface area contributed by atoms with E-state index in [4.69, 9.17) is 4.74 Å². The van der Waals surface area contributed by atoms with Gasteiger partial charge in [0.15, 0.2) is 0 Å². The van der Waals surface area contributed by atoms with Gasteiger partial charge >= 0.3 is 5.97 Å². The van der Waals surface area contributed by atoms with Crippen molar-refractivity contribution in [1.82, 2.24) is 0 Å². The van der Waals surface area contributed by atoms with Gasteiger partial charge in [0.1, 0.15) is 5.54 Å².